The first kappa shape index (κ1) is 16.5. The number of halogens is 1. The standard InChI is InChI=1S/C26H20FNO/c1-16(2)18-11-12-28-24(14-18)20-5-9-22-23-13-19(17-3-7-21(27)8-4-17)6-10-25(23)29-26(22)15-20/h3-16H,1-2H3/i16D. The zero-order valence-electron chi connectivity index (χ0n) is 17.2. The molecule has 0 saturated heterocycles. The lowest BCUT2D eigenvalue weighted by Crippen LogP contribution is -1.90. The normalized spacial score (nSPS) is 12.4. The molecule has 0 spiro atoms. The Labute approximate surface area is 170 Å². The molecule has 0 aliphatic carbocycles. The maximum Gasteiger partial charge on any atom is 0.136 e. The Kier molecular flexibility index (Phi) is 3.90. The highest BCUT2D eigenvalue weighted by Crippen LogP contribution is 2.34. The summed E-state index contributed by atoms with van der Waals surface area (Å²) in [5.74, 6) is -0.926. The van der Waals surface area contributed by atoms with Gasteiger partial charge in [-0.1, -0.05) is 38.1 Å². The van der Waals surface area contributed by atoms with Crippen LogP contribution in [-0.2, 0) is 0 Å². The van der Waals surface area contributed by atoms with E-state index in [0.717, 1.165) is 49.9 Å². The maximum atomic E-state index is 13.3. The molecule has 0 unspecified atom stereocenters. The van der Waals surface area contributed by atoms with E-state index in [1.807, 2.05) is 56.3 Å². The molecule has 5 aromatic rings. The SMILES string of the molecule is [2H]C(C)(C)c1ccnc(-c2ccc3c(c2)oc2ccc(-c4ccc(F)cc4)cc23)c1. The largest absolute Gasteiger partial charge is 0.456 e. The van der Waals surface area contributed by atoms with Crippen LogP contribution in [-0.4, -0.2) is 4.98 Å². The van der Waals surface area contributed by atoms with E-state index in [1.54, 1.807) is 18.3 Å². The highest BCUT2D eigenvalue weighted by molar-refractivity contribution is 6.07. The minimum atomic E-state index is -0.683. The molecule has 2 heterocycles. The number of nitrogens with zero attached hydrogens (tertiary/aromatic N) is 1. The van der Waals surface area contributed by atoms with Crippen molar-refractivity contribution in [2.24, 2.45) is 0 Å². The van der Waals surface area contributed by atoms with Crippen molar-refractivity contribution >= 4 is 21.9 Å². The number of hydrogen-bond donors (Lipinski definition) is 0. The Morgan fingerprint density at radius 2 is 1.55 bits per heavy atom. The van der Waals surface area contributed by atoms with Crippen molar-refractivity contribution in [3.05, 3.63) is 90.4 Å². The summed E-state index contributed by atoms with van der Waals surface area (Å²) in [5, 5.41) is 2.04. The second-order valence-electron chi connectivity index (χ2n) is 7.46. The first-order valence-corrected chi connectivity index (χ1v) is 9.58. The monoisotopic (exact) mass is 382 g/mol. The third-order valence-electron chi connectivity index (χ3n) is 5.28. The van der Waals surface area contributed by atoms with Gasteiger partial charge in [-0.25, -0.2) is 4.39 Å². The number of fused-ring (bicyclic) bond motifs is 3. The van der Waals surface area contributed by atoms with Gasteiger partial charge in [0, 0.05) is 23.9 Å². The molecule has 3 heteroatoms. The van der Waals surface area contributed by atoms with Gasteiger partial charge in [0.25, 0.3) is 0 Å². The van der Waals surface area contributed by atoms with E-state index in [0.29, 0.717) is 0 Å². The molecule has 0 atom stereocenters. The van der Waals surface area contributed by atoms with E-state index in [4.69, 9.17) is 5.79 Å². The number of benzene rings is 3. The van der Waals surface area contributed by atoms with Gasteiger partial charge >= 0.3 is 0 Å². The Morgan fingerprint density at radius 3 is 2.34 bits per heavy atom. The van der Waals surface area contributed by atoms with Gasteiger partial charge in [-0.15, -0.1) is 0 Å². The molecule has 3 aromatic carbocycles. The van der Waals surface area contributed by atoms with E-state index < -0.39 is 5.89 Å². The molecule has 142 valence electrons. The predicted octanol–water partition coefficient (Wildman–Crippen LogP) is 7.58. The van der Waals surface area contributed by atoms with Crippen LogP contribution in [0, 0.1) is 5.82 Å². The van der Waals surface area contributed by atoms with Crippen molar-refractivity contribution in [1.82, 2.24) is 4.98 Å². The summed E-state index contributed by atoms with van der Waals surface area (Å²) >= 11 is 0. The summed E-state index contributed by atoms with van der Waals surface area (Å²) < 4.78 is 27.6. The Bertz CT molecular complexity index is 1380. The molecule has 2 nitrogen and oxygen atoms in total. The van der Waals surface area contributed by atoms with Gasteiger partial charge in [-0.3, -0.25) is 4.98 Å². The Hall–Kier alpha value is -3.46. The van der Waals surface area contributed by atoms with Crippen molar-refractivity contribution in [3.63, 3.8) is 0 Å². The molecular formula is C26H20FNO. The molecule has 0 aliphatic heterocycles. The smallest absolute Gasteiger partial charge is 0.136 e. The number of hydrogen-bond acceptors (Lipinski definition) is 2. The van der Waals surface area contributed by atoms with Crippen LogP contribution in [0.5, 0.6) is 0 Å². The van der Waals surface area contributed by atoms with Gasteiger partial charge in [0.2, 0.25) is 0 Å². The van der Waals surface area contributed by atoms with Crippen LogP contribution >= 0.6 is 0 Å². The summed E-state index contributed by atoms with van der Waals surface area (Å²) in [6, 6.07) is 22.4. The molecule has 0 radical (unpaired) electrons. The van der Waals surface area contributed by atoms with E-state index in [9.17, 15) is 4.39 Å². The first-order chi connectivity index (χ1) is 14.4. The van der Waals surface area contributed by atoms with Crippen molar-refractivity contribution in [2.45, 2.75) is 19.7 Å². The molecule has 0 fully saturated rings. The predicted molar refractivity (Wildman–Crippen MR) is 116 cm³/mol. The van der Waals surface area contributed by atoms with Crippen molar-refractivity contribution in [3.8, 4) is 22.4 Å². The van der Waals surface area contributed by atoms with Crippen LogP contribution < -0.4 is 0 Å². The second kappa shape index (κ2) is 6.85. The van der Waals surface area contributed by atoms with Crippen LogP contribution in [0.1, 0.15) is 26.7 Å². The molecular weight excluding hydrogens is 361 g/mol. The average molecular weight is 382 g/mol. The minimum absolute atomic E-state index is 0.243. The molecule has 29 heavy (non-hydrogen) atoms. The summed E-state index contributed by atoms with van der Waals surface area (Å²) in [7, 11) is 0. The fourth-order valence-corrected chi connectivity index (χ4v) is 3.66. The van der Waals surface area contributed by atoms with Crippen LogP contribution in [0.15, 0.2) is 83.4 Å². The van der Waals surface area contributed by atoms with E-state index in [-0.39, 0.29) is 5.82 Å². The zero-order valence-corrected chi connectivity index (χ0v) is 16.2. The highest BCUT2D eigenvalue weighted by Gasteiger charge is 2.11. The minimum Gasteiger partial charge on any atom is -0.456 e. The van der Waals surface area contributed by atoms with Gasteiger partial charge < -0.3 is 4.42 Å². The Balaban J connectivity index is 1.60. The zero-order chi connectivity index (χ0) is 20.9. The van der Waals surface area contributed by atoms with Crippen molar-refractivity contribution in [2.75, 3.05) is 0 Å². The molecule has 0 bridgehead atoms. The van der Waals surface area contributed by atoms with Crippen LogP contribution in [0.25, 0.3) is 44.3 Å². The van der Waals surface area contributed by atoms with E-state index in [1.165, 1.54) is 12.1 Å². The fraction of sp³-hybridized carbons (Fsp3) is 0.115. The average Bonchev–Trinajstić information content (AvgIpc) is 3.11. The summed E-state index contributed by atoms with van der Waals surface area (Å²) in [6.07, 6.45) is 1.75. The third kappa shape index (κ3) is 3.19. The lowest BCUT2D eigenvalue weighted by molar-refractivity contribution is 0.628. The first-order valence-electron chi connectivity index (χ1n) is 10.1. The van der Waals surface area contributed by atoms with Crippen molar-refractivity contribution < 1.29 is 10.2 Å². The van der Waals surface area contributed by atoms with E-state index in [2.05, 4.69) is 11.1 Å². The maximum absolute atomic E-state index is 13.3. The molecule has 0 aliphatic rings. The second-order valence-corrected chi connectivity index (χ2v) is 7.46. The van der Waals surface area contributed by atoms with Gasteiger partial charge in [0.05, 0.1) is 5.69 Å². The van der Waals surface area contributed by atoms with Crippen molar-refractivity contribution in [1.29, 1.82) is 0 Å². The topological polar surface area (TPSA) is 26.0 Å². The third-order valence-corrected chi connectivity index (χ3v) is 5.28. The number of furan rings is 1. The van der Waals surface area contributed by atoms with Crippen LogP contribution in [0.2, 0.25) is 0 Å². The summed E-state index contributed by atoms with van der Waals surface area (Å²) in [6.45, 7) is 3.74. The Morgan fingerprint density at radius 1 is 0.793 bits per heavy atom. The van der Waals surface area contributed by atoms with Gasteiger partial charge in [0.1, 0.15) is 17.0 Å². The lowest BCUT2D eigenvalue weighted by Gasteiger charge is -2.07. The number of rotatable bonds is 3. The molecule has 0 N–H and O–H groups in total. The molecule has 2 aromatic heterocycles. The van der Waals surface area contributed by atoms with Crippen LogP contribution in [0.4, 0.5) is 4.39 Å². The van der Waals surface area contributed by atoms with Gasteiger partial charge in [0.15, 0.2) is 0 Å². The summed E-state index contributed by atoms with van der Waals surface area (Å²) in [5.41, 5.74) is 6.26. The number of aromatic nitrogens is 1. The molecule has 0 saturated carbocycles. The quantitative estimate of drug-likeness (QED) is 0.321. The molecule has 0 amide bonds. The molecule has 5 rings (SSSR count). The summed E-state index contributed by atoms with van der Waals surface area (Å²) in [4.78, 5) is 4.49. The van der Waals surface area contributed by atoms with E-state index >= 15 is 0 Å². The lowest BCUT2D eigenvalue weighted by atomic mass is 10.0. The number of pyridine rings is 1. The van der Waals surface area contributed by atoms with Crippen LogP contribution in [0.3, 0.4) is 0 Å². The van der Waals surface area contributed by atoms with Gasteiger partial charge in [-0.05, 0) is 71.1 Å². The highest BCUT2D eigenvalue weighted by atomic mass is 19.1. The fourth-order valence-electron chi connectivity index (χ4n) is 3.66. The van der Waals surface area contributed by atoms with Gasteiger partial charge in [-0.2, -0.15) is 0 Å².